The Hall–Kier alpha value is -4.00. The lowest BCUT2D eigenvalue weighted by Crippen LogP contribution is -2.29. The maximum atomic E-state index is 12.8. The van der Waals surface area contributed by atoms with Crippen molar-refractivity contribution in [2.45, 2.75) is 26.3 Å². The highest BCUT2D eigenvalue weighted by Crippen LogP contribution is 2.19. The third-order valence-corrected chi connectivity index (χ3v) is 5.46. The predicted molar refractivity (Wildman–Crippen MR) is 120 cm³/mol. The normalized spacial score (nSPS) is 15.5. The number of benzene rings is 2. The number of aryl methyl sites for hydroxylation is 1. The number of anilines is 1. The molecule has 1 atom stereocenters. The van der Waals surface area contributed by atoms with Gasteiger partial charge in [0.25, 0.3) is 11.5 Å². The summed E-state index contributed by atoms with van der Waals surface area (Å²) in [6, 6.07) is 18.1. The van der Waals surface area contributed by atoms with Gasteiger partial charge in [0.15, 0.2) is 0 Å². The van der Waals surface area contributed by atoms with Crippen LogP contribution in [0.2, 0.25) is 0 Å². The Morgan fingerprint density at radius 3 is 2.50 bits per heavy atom. The van der Waals surface area contributed by atoms with Gasteiger partial charge in [0, 0.05) is 18.3 Å². The van der Waals surface area contributed by atoms with Crippen LogP contribution in [0.15, 0.2) is 71.7 Å². The average Bonchev–Trinajstić information content (AvgIpc) is 3.07. The zero-order valence-electron chi connectivity index (χ0n) is 17.6. The van der Waals surface area contributed by atoms with E-state index in [2.05, 4.69) is 10.6 Å². The largest absolute Gasteiger partial charge is 0.322 e. The van der Waals surface area contributed by atoms with Crippen LogP contribution in [0.3, 0.4) is 0 Å². The van der Waals surface area contributed by atoms with Crippen molar-refractivity contribution in [3.8, 4) is 0 Å². The van der Waals surface area contributed by atoms with Crippen molar-refractivity contribution in [1.82, 2.24) is 9.88 Å². The number of aromatic nitrogens is 1. The molecule has 2 N–H and O–H groups in total. The van der Waals surface area contributed by atoms with Crippen molar-refractivity contribution in [3.63, 3.8) is 0 Å². The Morgan fingerprint density at radius 1 is 1.03 bits per heavy atom. The molecule has 32 heavy (non-hydrogen) atoms. The summed E-state index contributed by atoms with van der Waals surface area (Å²) in [5, 5.41) is 5.05. The van der Waals surface area contributed by atoms with Crippen molar-refractivity contribution in [1.29, 1.82) is 0 Å². The average molecular weight is 429 g/mol. The molecule has 1 unspecified atom stereocenters. The van der Waals surface area contributed by atoms with Crippen LogP contribution in [0.5, 0.6) is 0 Å². The first-order valence-electron chi connectivity index (χ1n) is 10.4. The summed E-state index contributed by atoms with van der Waals surface area (Å²) in [7, 11) is 0. The van der Waals surface area contributed by atoms with E-state index in [4.69, 9.17) is 0 Å². The number of pyridine rings is 1. The quantitative estimate of drug-likeness (QED) is 0.589. The Kier molecular flexibility index (Phi) is 5.98. The smallest absolute Gasteiger partial charge is 0.263 e. The SMILES string of the molecule is Cc1cccc(Cn2cccc(C(=O)Nc3ccc(CC4CC(=O)NC4=O)cc3)c2=O)c1. The number of hydrogen-bond donors (Lipinski definition) is 2. The summed E-state index contributed by atoms with van der Waals surface area (Å²) in [5.74, 6) is -1.35. The highest BCUT2D eigenvalue weighted by Gasteiger charge is 2.30. The van der Waals surface area contributed by atoms with Gasteiger partial charge in [-0.2, -0.15) is 0 Å². The molecule has 1 aliphatic rings. The highest BCUT2D eigenvalue weighted by atomic mass is 16.2. The van der Waals surface area contributed by atoms with E-state index in [0.717, 1.165) is 16.7 Å². The van der Waals surface area contributed by atoms with Crippen molar-refractivity contribution < 1.29 is 14.4 Å². The van der Waals surface area contributed by atoms with Gasteiger partial charge < -0.3 is 9.88 Å². The lowest BCUT2D eigenvalue weighted by molar-refractivity contribution is -0.125. The second-order valence-corrected chi connectivity index (χ2v) is 8.01. The molecule has 0 spiro atoms. The number of imide groups is 1. The van der Waals surface area contributed by atoms with Gasteiger partial charge in [-0.1, -0.05) is 42.0 Å². The Balaban J connectivity index is 1.44. The molecule has 3 aromatic rings. The van der Waals surface area contributed by atoms with Gasteiger partial charge in [-0.15, -0.1) is 0 Å². The van der Waals surface area contributed by atoms with E-state index in [1.54, 1.807) is 36.5 Å². The molecule has 2 aromatic carbocycles. The van der Waals surface area contributed by atoms with Gasteiger partial charge in [0.05, 0.1) is 12.5 Å². The van der Waals surface area contributed by atoms with Crippen molar-refractivity contribution in [2.24, 2.45) is 5.92 Å². The van der Waals surface area contributed by atoms with E-state index in [-0.39, 0.29) is 35.3 Å². The van der Waals surface area contributed by atoms with Crippen LogP contribution in [0.4, 0.5) is 5.69 Å². The molecule has 162 valence electrons. The van der Waals surface area contributed by atoms with Crippen LogP contribution in [-0.4, -0.2) is 22.3 Å². The molecule has 0 bridgehead atoms. The van der Waals surface area contributed by atoms with Crippen molar-refractivity contribution >= 4 is 23.4 Å². The van der Waals surface area contributed by atoms with Gasteiger partial charge in [-0.25, -0.2) is 0 Å². The summed E-state index contributed by atoms with van der Waals surface area (Å²) >= 11 is 0. The number of carbonyl (C=O) groups excluding carboxylic acids is 3. The van der Waals surface area contributed by atoms with E-state index in [0.29, 0.717) is 18.7 Å². The van der Waals surface area contributed by atoms with E-state index >= 15 is 0 Å². The molecule has 3 amide bonds. The standard InChI is InChI=1S/C25H23N3O4/c1-16-4-2-5-18(12-16)15-28-11-3-6-21(25(28)32)24(31)26-20-9-7-17(8-10-20)13-19-14-22(29)27-23(19)30/h2-12,19H,13-15H2,1H3,(H,26,31)(H,27,29,30). The zero-order valence-corrected chi connectivity index (χ0v) is 17.6. The van der Waals surface area contributed by atoms with Crippen molar-refractivity contribution in [3.05, 3.63) is 99.5 Å². The lowest BCUT2D eigenvalue weighted by atomic mass is 9.98. The molecule has 7 heteroatoms. The first-order valence-corrected chi connectivity index (χ1v) is 10.4. The molecule has 0 aliphatic carbocycles. The number of rotatable bonds is 6. The van der Waals surface area contributed by atoms with Gasteiger partial charge in [0.1, 0.15) is 5.56 Å². The summed E-state index contributed by atoms with van der Waals surface area (Å²) in [5.41, 5.74) is 3.22. The van der Waals surface area contributed by atoms with Crippen LogP contribution < -0.4 is 16.2 Å². The molecule has 1 aromatic heterocycles. The van der Waals surface area contributed by atoms with Crippen LogP contribution in [0.25, 0.3) is 0 Å². The minimum absolute atomic E-state index is 0.0605. The molecule has 1 saturated heterocycles. The molecular formula is C25H23N3O4. The fourth-order valence-corrected chi connectivity index (χ4v) is 3.82. The third-order valence-electron chi connectivity index (χ3n) is 5.46. The Bertz CT molecular complexity index is 1240. The van der Waals surface area contributed by atoms with E-state index in [9.17, 15) is 19.2 Å². The molecule has 4 rings (SSSR count). The van der Waals surface area contributed by atoms with Crippen LogP contribution >= 0.6 is 0 Å². The number of carbonyl (C=O) groups is 3. The topological polar surface area (TPSA) is 97.3 Å². The minimum Gasteiger partial charge on any atom is -0.322 e. The van der Waals surface area contributed by atoms with Gasteiger partial charge >= 0.3 is 0 Å². The van der Waals surface area contributed by atoms with Crippen molar-refractivity contribution in [2.75, 3.05) is 5.32 Å². The van der Waals surface area contributed by atoms with E-state index < -0.39 is 5.91 Å². The highest BCUT2D eigenvalue weighted by molar-refractivity contribution is 6.04. The molecular weight excluding hydrogens is 406 g/mol. The fraction of sp³-hybridized carbons (Fsp3) is 0.200. The fourth-order valence-electron chi connectivity index (χ4n) is 3.82. The number of amides is 3. The number of hydrogen-bond acceptors (Lipinski definition) is 4. The maximum Gasteiger partial charge on any atom is 0.263 e. The Morgan fingerprint density at radius 2 is 1.81 bits per heavy atom. The first kappa shape index (κ1) is 21.2. The minimum atomic E-state index is -0.484. The van der Waals surface area contributed by atoms with Gasteiger partial charge in [0.2, 0.25) is 11.8 Å². The van der Waals surface area contributed by atoms with E-state index in [1.807, 2.05) is 31.2 Å². The summed E-state index contributed by atoms with van der Waals surface area (Å²) in [6.45, 7) is 2.37. The second kappa shape index (κ2) is 9.01. The summed E-state index contributed by atoms with van der Waals surface area (Å²) < 4.78 is 1.51. The summed E-state index contributed by atoms with van der Waals surface area (Å²) in [4.78, 5) is 48.6. The van der Waals surface area contributed by atoms with Gasteiger partial charge in [-0.3, -0.25) is 24.5 Å². The lowest BCUT2D eigenvalue weighted by Gasteiger charge is -2.10. The van der Waals surface area contributed by atoms with Gasteiger partial charge in [-0.05, 0) is 48.7 Å². The molecule has 1 aliphatic heterocycles. The van der Waals surface area contributed by atoms with Crippen LogP contribution in [-0.2, 0) is 22.6 Å². The van der Waals surface area contributed by atoms with Crippen LogP contribution in [0, 0.1) is 12.8 Å². The number of nitrogens with zero attached hydrogens (tertiary/aromatic N) is 1. The summed E-state index contributed by atoms with van der Waals surface area (Å²) in [6.07, 6.45) is 2.31. The number of nitrogens with one attached hydrogen (secondary N) is 2. The molecule has 0 radical (unpaired) electrons. The second-order valence-electron chi connectivity index (χ2n) is 8.01. The maximum absolute atomic E-state index is 12.8. The van der Waals surface area contributed by atoms with E-state index in [1.165, 1.54) is 10.6 Å². The predicted octanol–water partition coefficient (Wildman–Crippen LogP) is 2.66. The molecule has 0 saturated carbocycles. The molecule has 1 fully saturated rings. The first-order chi connectivity index (χ1) is 15.4. The zero-order chi connectivity index (χ0) is 22.7. The molecule has 7 nitrogen and oxygen atoms in total. The molecule has 2 heterocycles. The monoisotopic (exact) mass is 429 g/mol. The Labute approximate surface area is 185 Å². The van der Waals surface area contributed by atoms with Crippen LogP contribution in [0.1, 0.15) is 33.5 Å². The third kappa shape index (κ3) is 4.83.